The molecule has 2 aromatic heterocycles. The Labute approximate surface area is 186 Å². The van der Waals surface area contributed by atoms with E-state index in [9.17, 15) is 4.79 Å². The summed E-state index contributed by atoms with van der Waals surface area (Å²) < 4.78 is 2.00. The lowest BCUT2D eigenvalue weighted by atomic mass is 10.0. The Morgan fingerprint density at radius 1 is 1.00 bits per heavy atom. The molecule has 1 unspecified atom stereocenters. The van der Waals surface area contributed by atoms with E-state index in [1.807, 2.05) is 60.1 Å². The van der Waals surface area contributed by atoms with Crippen molar-refractivity contribution in [3.63, 3.8) is 0 Å². The van der Waals surface area contributed by atoms with Crippen LogP contribution in [0.2, 0.25) is 0 Å². The minimum Gasteiger partial charge on any atom is -0.473 e. The summed E-state index contributed by atoms with van der Waals surface area (Å²) in [5, 5.41) is 21.2. The summed E-state index contributed by atoms with van der Waals surface area (Å²) in [5.74, 6) is -3.25. The van der Waals surface area contributed by atoms with Crippen LogP contribution in [0.4, 0.5) is 5.69 Å². The number of carbonyl (C=O) groups is 3. The van der Waals surface area contributed by atoms with Gasteiger partial charge in [-0.15, -0.1) is 0 Å². The minimum absolute atomic E-state index is 0.0214. The van der Waals surface area contributed by atoms with E-state index >= 15 is 0 Å². The Kier molecular flexibility index (Phi) is 8.91. The van der Waals surface area contributed by atoms with Gasteiger partial charge in [0.15, 0.2) is 0 Å². The normalized spacial score (nSPS) is 11.5. The van der Waals surface area contributed by atoms with Gasteiger partial charge in [0.05, 0.1) is 5.69 Å². The molecule has 1 amide bonds. The number of carboxylic acids is 2. The summed E-state index contributed by atoms with van der Waals surface area (Å²) in [6.45, 7) is 6.91. The molecule has 0 aliphatic carbocycles. The fraction of sp³-hybridized carbons (Fsp3) is 0.304. The number of anilines is 1. The minimum atomic E-state index is -1.82. The fourth-order valence-corrected chi connectivity index (χ4v) is 3.02. The van der Waals surface area contributed by atoms with Gasteiger partial charge in [0, 0.05) is 37.1 Å². The number of fused-ring (bicyclic) bond motifs is 1. The molecule has 4 N–H and O–H groups in total. The molecule has 9 heteroatoms. The summed E-state index contributed by atoms with van der Waals surface area (Å²) in [4.78, 5) is 35.1. The van der Waals surface area contributed by atoms with Gasteiger partial charge in [-0.25, -0.2) is 14.6 Å². The van der Waals surface area contributed by atoms with Crippen LogP contribution < -0.4 is 10.6 Å². The molecule has 0 bridgehead atoms. The maximum Gasteiger partial charge on any atom is 0.414 e. The van der Waals surface area contributed by atoms with E-state index in [1.165, 1.54) is 0 Å². The second-order valence-electron chi connectivity index (χ2n) is 7.58. The molecule has 0 aliphatic rings. The van der Waals surface area contributed by atoms with Crippen molar-refractivity contribution in [2.75, 3.05) is 5.32 Å². The Balaban J connectivity index is 0.000000534. The van der Waals surface area contributed by atoms with Gasteiger partial charge in [-0.3, -0.25) is 4.79 Å². The molecular formula is C23H28N4O5. The highest BCUT2D eigenvalue weighted by molar-refractivity contribution is 6.27. The zero-order chi connectivity index (χ0) is 23.7. The third-order valence-corrected chi connectivity index (χ3v) is 4.58. The maximum atomic E-state index is 12.4. The van der Waals surface area contributed by atoms with Crippen molar-refractivity contribution in [1.29, 1.82) is 0 Å². The average molecular weight is 441 g/mol. The summed E-state index contributed by atoms with van der Waals surface area (Å²) >= 11 is 0. The number of aromatic nitrogens is 2. The highest BCUT2D eigenvalue weighted by Crippen LogP contribution is 2.23. The number of amides is 1. The van der Waals surface area contributed by atoms with Crippen LogP contribution in [-0.2, 0) is 20.9 Å². The van der Waals surface area contributed by atoms with E-state index < -0.39 is 11.9 Å². The van der Waals surface area contributed by atoms with Crippen molar-refractivity contribution in [3.05, 3.63) is 66.1 Å². The van der Waals surface area contributed by atoms with Gasteiger partial charge in [0.1, 0.15) is 5.65 Å². The van der Waals surface area contributed by atoms with Gasteiger partial charge in [-0.05, 0) is 36.6 Å². The number of aliphatic carboxylic acids is 2. The molecule has 1 atom stereocenters. The Hall–Kier alpha value is -3.72. The summed E-state index contributed by atoms with van der Waals surface area (Å²) in [6.07, 6.45) is 4.41. The number of carboxylic acid groups (broad SMARTS) is 2. The van der Waals surface area contributed by atoms with E-state index in [1.54, 1.807) is 0 Å². The Morgan fingerprint density at radius 2 is 1.66 bits per heavy atom. The molecule has 2 heterocycles. The Morgan fingerprint density at radius 3 is 2.28 bits per heavy atom. The van der Waals surface area contributed by atoms with Crippen molar-refractivity contribution >= 4 is 29.2 Å². The number of para-hydroxylation sites is 1. The van der Waals surface area contributed by atoms with Gasteiger partial charge in [0.2, 0.25) is 5.91 Å². The van der Waals surface area contributed by atoms with Crippen molar-refractivity contribution in [2.24, 2.45) is 0 Å². The van der Waals surface area contributed by atoms with E-state index in [4.69, 9.17) is 19.8 Å². The lowest BCUT2D eigenvalue weighted by molar-refractivity contribution is -0.159. The molecule has 9 nitrogen and oxygen atoms in total. The smallest absolute Gasteiger partial charge is 0.414 e. The lowest BCUT2D eigenvalue weighted by Gasteiger charge is -2.16. The van der Waals surface area contributed by atoms with Crippen LogP contribution in [0.5, 0.6) is 0 Å². The summed E-state index contributed by atoms with van der Waals surface area (Å²) in [5.41, 5.74) is 3.96. The van der Waals surface area contributed by atoms with E-state index in [-0.39, 0.29) is 11.9 Å². The van der Waals surface area contributed by atoms with E-state index in [0.717, 1.165) is 22.6 Å². The largest absolute Gasteiger partial charge is 0.473 e. The molecule has 0 radical (unpaired) electrons. The molecule has 0 aliphatic heterocycles. The van der Waals surface area contributed by atoms with Crippen LogP contribution in [0.25, 0.3) is 5.65 Å². The molecular weight excluding hydrogens is 412 g/mol. The highest BCUT2D eigenvalue weighted by atomic mass is 16.4. The van der Waals surface area contributed by atoms with Crippen molar-refractivity contribution in [1.82, 2.24) is 14.7 Å². The number of hydrogen-bond acceptors (Lipinski definition) is 5. The van der Waals surface area contributed by atoms with Crippen LogP contribution in [0.3, 0.4) is 0 Å². The second-order valence-corrected chi connectivity index (χ2v) is 7.58. The third kappa shape index (κ3) is 7.51. The fourth-order valence-electron chi connectivity index (χ4n) is 3.02. The molecule has 32 heavy (non-hydrogen) atoms. The molecule has 1 aromatic carbocycles. The third-order valence-electron chi connectivity index (χ3n) is 4.58. The zero-order valence-electron chi connectivity index (χ0n) is 18.3. The first-order valence-corrected chi connectivity index (χ1v) is 10.2. The number of benzene rings is 1. The number of nitrogens with one attached hydrogen (secondary N) is 2. The van der Waals surface area contributed by atoms with Crippen molar-refractivity contribution in [3.8, 4) is 0 Å². The first kappa shape index (κ1) is 24.5. The maximum absolute atomic E-state index is 12.4. The molecule has 170 valence electrons. The van der Waals surface area contributed by atoms with Gasteiger partial charge in [-0.1, -0.05) is 38.1 Å². The van der Waals surface area contributed by atoms with Gasteiger partial charge < -0.3 is 25.2 Å². The van der Waals surface area contributed by atoms with Crippen LogP contribution in [0.15, 0.2) is 54.9 Å². The first-order valence-electron chi connectivity index (χ1n) is 10.2. The lowest BCUT2D eigenvalue weighted by Crippen LogP contribution is -2.30. The van der Waals surface area contributed by atoms with Crippen molar-refractivity contribution in [2.45, 2.75) is 45.7 Å². The topological polar surface area (TPSA) is 133 Å². The van der Waals surface area contributed by atoms with E-state index in [0.29, 0.717) is 18.9 Å². The van der Waals surface area contributed by atoms with Gasteiger partial charge >= 0.3 is 11.9 Å². The first-order chi connectivity index (χ1) is 15.2. The monoisotopic (exact) mass is 440 g/mol. The zero-order valence-corrected chi connectivity index (χ0v) is 18.3. The molecule has 3 aromatic rings. The van der Waals surface area contributed by atoms with Crippen LogP contribution in [0, 0.1) is 0 Å². The van der Waals surface area contributed by atoms with Gasteiger partial charge in [-0.2, -0.15) is 0 Å². The quantitative estimate of drug-likeness (QED) is 0.415. The predicted octanol–water partition coefficient (Wildman–Crippen LogP) is 3.12. The number of nitrogens with zero attached hydrogens (tertiary/aromatic N) is 2. The van der Waals surface area contributed by atoms with E-state index in [2.05, 4.69) is 35.5 Å². The standard InChI is InChI=1S/C21H26N4O.C2H2O4/c1-15(2)18-8-4-5-9-19(18)24-21(26)12-16(3)22-13-17-14-25-11-7-6-10-20(25)23-17;3-1(4)2(5)6/h4-11,14-16,22H,12-13H2,1-3H3,(H,24,26);(H,3,4)(H,5,6). The second kappa shape index (κ2) is 11.6. The number of rotatable bonds is 7. The molecule has 0 saturated carbocycles. The number of pyridine rings is 1. The van der Waals surface area contributed by atoms with Crippen LogP contribution >= 0.6 is 0 Å². The molecule has 0 saturated heterocycles. The number of hydrogen-bond donors (Lipinski definition) is 4. The Bertz CT molecular complexity index is 1030. The van der Waals surface area contributed by atoms with Gasteiger partial charge in [0.25, 0.3) is 0 Å². The SMILES string of the molecule is CC(CC(=O)Nc1ccccc1C(C)C)NCc1cn2ccccc2n1.O=C(O)C(=O)O. The van der Waals surface area contributed by atoms with Crippen molar-refractivity contribution < 1.29 is 24.6 Å². The molecule has 0 fully saturated rings. The average Bonchev–Trinajstić information content (AvgIpc) is 3.16. The van der Waals surface area contributed by atoms with Crippen LogP contribution in [-0.4, -0.2) is 43.5 Å². The number of imidazole rings is 1. The van der Waals surface area contributed by atoms with Crippen LogP contribution in [0.1, 0.15) is 44.4 Å². The molecule has 0 spiro atoms. The highest BCUT2D eigenvalue weighted by Gasteiger charge is 2.13. The molecule has 3 rings (SSSR count). The summed E-state index contributed by atoms with van der Waals surface area (Å²) in [6, 6.07) is 14.0. The predicted molar refractivity (Wildman–Crippen MR) is 121 cm³/mol. The number of carbonyl (C=O) groups excluding carboxylic acids is 1. The summed E-state index contributed by atoms with van der Waals surface area (Å²) in [7, 11) is 0.